The summed E-state index contributed by atoms with van der Waals surface area (Å²) in [7, 11) is -3.25. The van der Waals surface area contributed by atoms with Gasteiger partial charge in [-0.3, -0.25) is 0 Å². The molecule has 1 unspecified atom stereocenters. The van der Waals surface area contributed by atoms with Crippen molar-refractivity contribution in [2.45, 2.75) is 17.5 Å². The number of nitrogens with zero attached hydrogens (tertiary/aromatic N) is 4. The molecule has 0 bridgehead atoms. The summed E-state index contributed by atoms with van der Waals surface area (Å²) in [6, 6.07) is 8.00. The molecule has 1 aromatic carbocycles. The topological polar surface area (TPSA) is 98.0 Å². The van der Waals surface area contributed by atoms with Gasteiger partial charge in [0.05, 0.1) is 11.4 Å². The SMILES string of the molecule is CS(=O)(=O)c1ccc(C(O)Cn2nnc(-c3ccsc3)n2)cc1. The van der Waals surface area contributed by atoms with Crippen molar-refractivity contribution in [2.75, 3.05) is 6.26 Å². The summed E-state index contributed by atoms with van der Waals surface area (Å²) in [5.41, 5.74) is 1.47. The lowest BCUT2D eigenvalue weighted by Crippen LogP contribution is -2.11. The van der Waals surface area contributed by atoms with E-state index in [1.165, 1.54) is 16.9 Å². The first-order valence-electron chi connectivity index (χ1n) is 6.72. The van der Waals surface area contributed by atoms with Gasteiger partial charge in [0.1, 0.15) is 6.10 Å². The highest BCUT2D eigenvalue weighted by Gasteiger charge is 2.14. The molecule has 120 valence electrons. The Labute approximate surface area is 137 Å². The van der Waals surface area contributed by atoms with E-state index in [-0.39, 0.29) is 11.4 Å². The molecule has 7 nitrogen and oxygen atoms in total. The van der Waals surface area contributed by atoms with Gasteiger partial charge in [-0.05, 0) is 34.4 Å². The third-order valence-corrected chi connectivity index (χ3v) is 5.07. The van der Waals surface area contributed by atoms with Gasteiger partial charge in [-0.15, -0.1) is 10.2 Å². The summed E-state index contributed by atoms with van der Waals surface area (Å²) in [5.74, 6) is 0.505. The van der Waals surface area contributed by atoms with E-state index in [1.807, 2.05) is 16.8 Å². The monoisotopic (exact) mass is 350 g/mol. The van der Waals surface area contributed by atoms with Crippen molar-refractivity contribution in [3.8, 4) is 11.4 Å². The summed E-state index contributed by atoms with van der Waals surface area (Å²) in [5, 5.41) is 26.2. The number of aliphatic hydroxyl groups is 1. The fourth-order valence-corrected chi connectivity index (χ4v) is 3.29. The predicted molar refractivity (Wildman–Crippen MR) is 85.6 cm³/mol. The number of aromatic nitrogens is 4. The molecule has 0 saturated carbocycles. The summed E-state index contributed by atoms with van der Waals surface area (Å²) >= 11 is 1.54. The number of rotatable bonds is 5. The van der Waals surface area contributed by atoms with Crippen LogP contribution in [0.3, 0.4) is 0 Å². The summed E-state index contributed by atoms with van der Waals surface area (Å²) < 4.78 is 22.9. The second-order valence-corrected chi connectivity index (χ2v) is 7.83. The maximum atomic E-state index is 11.4. The van der Waals surface area contributed by atoms with E-state index in [9.17, 15) is 13.5 Å². The maximum absolute atomic E-state index is 11.4. The Kier molecular flexibility index (Phi) is 4.24. The van der Waals surface area contributed by atoms with Gasteiger partial charge in [-0.1, -0.05) is 12.1 Å². The van der Waals surface area contributed by atoms with Crippen molar-refractivity contribution < 1.29 is 13.5 Å². The molecule has 0 aliphatic rings. The number of tetrazole rings is 1. The Bertz CT molecular complexity index is 887. The molecule has 3 aromatic rings. The highest BCUT2D eigenvalue weighted by molar-refractivity contribution is 7.90. The van der Waals surface area contributed by atoms with Crippen LogP contribution in [0.5, 0.6) is 0 Å². The molecule has 0 amide bonds. The fourth-order valence-electron chi connectivity index (χ4n) is 2.03. The van der Waals surface area contributed by atoms with Crippen molar-refractivity contribution >= 4 is 21.2 Å². The van der Waals surface area contributed by atoms with Crippen LogP contribution in [0.2, 0.25) is 0 Å². The van der Waals surface area contributed by atoms with E-state index in [4.69, 9.17) is 0 Å². The van der Waals surface area contributed by atoms with E-state index in [1.54, 1.807) is 23.5 Å². The van der Waals surface area contributed by atoms with E-state index in [2.05, 4.69) is 15.4 Å². The van der Waals surface area contributed by atoms with Crippen LogP contribution in [-0.2, 0) is 16.4 Å². The van der Waals surface area contributed by atoms with Crippen LogP contribution in [0.4, 0.5) is 0 Å². The zero-order valence-electron chi connectivity index (χ0n) is 12.2. The largest absolute Gasteiger partial charge is 0.386 e. The molecule has 1 atom stereocenters. The first-order chi connectivity index (χ1) is 10.9. The number of benzene rings is 1. The van der Waals surface area contributed by atoms with Gasteiger partial charge < -0.3 is 5.11 Å². The van der Waals surface area contributed by atoms with Crippen molar-refractivity contribution in [1.82, 2.24) is 20.2 Å². The summed E-state index contributed by atoms with van der Waals surface area (Å²) in [6.07, 6.45) is 0.289. The van der Waals surface area contributed by atoms with E-state index in [0.29, 0.717) is 11.4 Å². The minimum absolute atomic E-state index is 0.134. The lowest BCUT2D eigenvalue weighted by molar-refractivity contribution is 0.144. The van der Waals surface area contributed by atoms with Crippen LogP contribution < -0.4 is 0 Å². The smallest absolute Gasteiger partial charge is 0.205 e. The average Bonchev–Trinajstić information content (AvgIpc) is 3.17. The van der Waals surface area contributed by atoms with Crippen molar-refractivity contribution in [1.29, 1.82) is 0 Å². The fraction of sp³-hybridized carbons (Fsp3) is 0.214. The van der Waals surface area contributed by atoms with Crippen LogP contribution in [0.1, 0.15) is 11.7 Å². The molecule has 23 heavy (non-hydrogen) atoms. The molecule has 0 radical (unpaired) electrons. The summed E-state index contributed by atoms with van der Waals surface area (Å²) in [4.78, 5) is 1.54. The quantitative estimate of drug-likeness (QED) is 0.749. The Morgan fingerprint density at radius 2 is 2.00 bits per heavy atom. The molecular formula is C14H14N4O3S2. The maximum Gasteiger partial charge on any atom is 0.205 e. The molecule has 0 spiro atoms. The minimum Gasteiger partial charge on any atom is -0.386 e. The van der Waals surface area contributed by atoms with Gasteiger partial charge in [-0.25, -0.2) is 8.42 Å². The molecular weight excluding hydrogens is 336 g/mol. The second kappa shape index (κ2) is 6.19. The standard InChI is InChI=1S/C14H14N4O3S2/c1-23(20,21)12-4-2-10(3-5-12)13(19)8-18-16-14(15-17-18)11-6-7-22-9-11/h2-7,9,13,19H,8H2,1H3. The highest BCUT2D eigenvalue weighted by atomic mass is 32.2. The van der Waals surface area contributed by atoms with Crippen LogP contribution in [-0.4, -0.2) is 40.0 Å². The van der Waals surface area contributed by atoms with Crippen molar-refractivity contribution in [3.05, 3.63) is 46.7 Å². The molecule has 1 N–H and O–H groups in total. The van der Waals surface area contributed by atoms with Gasteiger partial charge in [0, 0.05) is 17.2 Å². The Morgan fingerprint density at radius 3 is 2.61 bits per heavy atom. The van der Waals surface area contributed by atoms with Gasteiger partial charge >= 0.3 is 0 Å². The minimum atomic E-state index is -3.25. The molecule has 2 heterocycles. The van der Waals surface area contributed by atoms with Gasteiger partial charge in [0.15, 0.2) is 9.84 Å². The van der Waals surface area contributed by atoms with Crippen molar-refractivity contribution in [2.24, 2.45) is 0 Å². The molecule has 0 fully saturated rings. The third kappa shape index (κ3) is 3.63. The predicted octanol–water partition coefficient (Wildman–Crippen LogP) is 1.54. The first-order valence-corrected chi connectivity index (χ1v) is 9.55. The van der Waals surface area contributed by atoms with Gasteiger partial charge in [0.2, 0.25) is 5.82 Å². The number of sulfone groups is 1. The zero-order valence-corrected chi connectivity index (χ0v) is 13.8. The first kappa shape index (κ1) is 15.8. The number of aliphatic hydroxyl groups excluding tert-OH is 1. The number of hydrogen-bond acceptors (Lipinski definition) is 7. The highest BCUT2D eigenvalue weighted by Crippen LogP contribution is 2.19. The lowest BCUT2D eigenvalue weighted by atomic mass is 10.1. The van der Waals surface area contributed by atoms with Gasteiger partial charge in [0.25, 0.3) is 0 Å². The van der Waals surface area contributed by atoms with E-state index in [0.717, 1.165) is 11.8 Å². The molecule has 2 aromatic heterocycles. The molecule has 0 aliphatic heterocycles. The molecule has 3 rings (SSSR count). The van der Waals surface area contributed by atoms with E-state index < -0.39 is 15.9 Å². The summed E-state index contributed by atoms with van der Waals surface area (Å²) in [6.45, 7) is 0.134. The number of hydrogen-bond donors (Lipinski definition) is 1. The Morgan fingerprint density at radius 1 is 1.26 bits per heavy atom. The normalized spacial score (nSPS) is 13.1. The van der Waals surface area contributed by atoms with Crippen LogP contribution in [0.15, 0.2) is 46.0 Å². The lowest BCUT2D eigenvalue weighted by Gasteiger charge is -2.10. The van der Waals surface area contributed by atoms with Crippen LogP contribution in [0, 0.1) is 0 Å². The van der Waals surface area contributed by atoms with Crippen LogP contribution >= 0.6 is 11.3 Å². The number of thiophene rings is 1. The second-order valence-electron chi connectivity index (χ2n) is 5.04. The van der Waals surface area contributed by atoms with Crippen LogP contribution in [0.25, 0.3) is 11.4 Å². The third-order valence-electron chi connectivity index (χ3n) is 3.26. The Hall–Kier alpha value is -2.10. The molecule has 0 aliphatic carbocycles. The zero-order chi connectivity index (χ0) is 16.4. The van der Waals surface area contributed by atoms with E-state index >= 15 is 0 Å². The van der Waals surface area contributed by atoms with Crippen molar-refractivity contribution in [3.63, 3.8) is 0 Å². The Balaban J connectivity index is 1.73. The molecule has 0 saturated heterocycles. The van der Waals surface area contributed by atoms with Gasteiger partial charge in [-0.2, -0.15) is 16.1 Å². The molecule has 9 heteroatoms. The average molecular weight is 350 g/mol.